The van der Waals surface area contributed by atoms with E-state index in [1.54, 1.807) is 18.6 Å². The molecule has 1 aromatic carbocycles. The molecule has 36 heavy (non-hydrogen) atoms. The molecule has 1 aliphatic heterocycles. The summed E-state index contributed by atoms with van der Waals surface area (Å²) in [7, 11) is 0. The zero-order valence-electron chi connectivity index (χ0n) is 19.5. The Bertz CT molecular complexity index is 1540. The first kappa shape index (κ1) is 22.6. The number of hydrogen-bond donors (Lipinski definition) is 1. The van der Waals surface area contributed by atoms with E-state index in [1.807, 2.05) is 54.3 Å². The van der Waals surface area contributed by atoms with Crippen LogP contribution in [-0.4, -0.2) is 62.1 Å². The van der Waals surface area contributed by atoms with E-state index in [9.17, 15) is 4.79 Å². The largest absolute Gasteiger partial charge is 0.353 e. The molecular weight excluding hydrogens is 494 g/mol. The quantitative estimate of drug-likeness (QED) is 0.359. The molecule has 0 unspecified atom stereocenters. The number of anilines is 1. The lowest BCUT2D eigenvalue weighted by Crippen LogP contribution is -2.49. The molecule has 1 aliphatic rings. The van der Waals surface area contributed by atoms with Crippen LogP contribution < -0.4 is 4.90 Å². The summed E-state index contributed by atoms with van der Waals surface area (Å²) < 4.78 is 0. The predicted molar refractivity (Wildman–Crippen MR) is 143 cm³/mol. The second-order valence-corrected chi connectivity index (χ2v) is 9.98. The predicted octanol–water partition coefficient (Wildman–Crippen LogP) is 5.07. The molecule has 0 atom stereocenters. The Labute approximate surface area is 216 Å². The van der Waals surface area contributed by atoms with Gasteiger partial charge in [-0.2, -0.15) is 5.10 Å². The molecule has 0 aliphatic carbocycles. The fraction of sp³-hybridized carbons (Fsp3) is 0.192. The van der Waals surface area contributed by atoms with Crippen LogP contribution in [0.15, 0.2) is 61.1 Å². The second-order valence-electron chi connectivity index (χ2n) is 8.57. The van der Waals surface area contributed by atoms with Crippen LogP contribution in [0.3, 0.4) is 0 Å². The van der Waals surface area contributed by atoms with Crippen molar-refractivity contribution in [3.63, 3.8) is 0 Å². The number of nitrogens with one attached hydrogen (secondary N) is 1. The minimum atomic E-state index is -0.0833. The number of hydrogen-bond acceptors (Lipinski definition) is 7. The fourth-order valence-corrected chi connectivity index (χ4v) is 5.66. The zero-order chi connectivity index (χ0) is 24.6. The van der Waals surface area contributed by atoms with Crippen LogP contribution in [0.2, 0.25) is 5.02 Å². The summed E-state index contributed by atoms with van der Waals surface area (Å²) in [5.41, 5.74) is 3.78. The van der Waals surface area contributed by atoms with Crippen molar-refractivity contribution in [1.82, 2.24) is 30.0 Å². The molecule has 1 N–H and O–H groups in total. The highest BCUT2D eigenvalue weighted by Crippen LogP contribution is 2.38. The molecule has 5 aromatic rings. The molecule has 1 amide bonds. The standard InChI is InChI=1S/C26H22ClN7OS/c1-16-19(27)8-7-18-21(16)31-32-22(18)25-30-23(24(36-25)17-5-4-9-28-15-17)26(35)34-13-11-33(12-14-34)20-6-2-3-10-29-20/h2-10,15H,11-14H2,1H3,(H,31,32). The molecule has 0 spiro atoms. The number of piperazine rings is 1. The molecule has 6 rings (SSSR count). The Hall–Kier alpha value is -3.82. The molecule has 10 heteroatoms. The summed E-state index contributed by atoms with van der Waals surface area (Å²) in [6, 6.07) is 13.5. The second kappa shape index (κ2) is 9.33. The third-order valence-electron chi connectivity index (χ3n) is 6.42. The molecule has 0 saturated carbocycles. The van der Waals surface area contributed by atoms with Crippen LogP contribution in [0.25, 0.3) is 32.0 Å². The average molecular weight is 516 g/mol. The van der Waals surface area contributed by atoms with E-state index in [-0.39, 0.29) is 5.91 Å². The number of rotatable bonds is 4. The topological polar surface area (TPSA) is 90.9 Å². The first-order chi connectivity index (χ1) is 17.6. The van der Waals surface area contributed by atoms with Crippen LogP contribution in [0.4, 0.5) is 5.82 Å². The number of H-pyrrole nitrogens is 1. The van der Waals surface area contributed by atoms with Gasteiger partial charge in [-0.25, -0.2) is 9.97 Å². The number of carbonyl (C=O) groups is 1. The van der Waals surface area contributed by atoms with Crippen LogP contribution in [0.5, 0.6) is 0 Å². The maximum atomic E-state index is 13.8. The summed E-state index contributed by atoms with van der Waals surface area (Å²) in [6.45, 7) is 4.57. The van der Waals surface area contributed by atoms with Crippen LogP contribution in [0, 0.1) is 6.92 Å². The minimum Gasteiger partial charge on any atom is -0.353 e. The normalized spacial score (nSPS) is 13.9. The van der Waals surface area contributed by atoms with E-state index in [4.69, 9.17) is 16.6 Å². The monoisotopic (exact) mass is 515 g/mol. The van der Waals surface area contributed by atoms with Crippen molar-refractivity contribution >= 4 is 45.6 Å². The summed E-state index contributed by atoms with van der Waals surface area (Å²) in [5, 5.41) is 9.88. The molecule has 0 bridgehead atoms. The Balaban J connectivity index is 1.35. The minimum absolute atomic E-state index is 0.0833. The van der Waals surface area contributed by atoms with Gasteiger partial charge in [0.25, 0.3) is 5.91 Å². The Morgan fingerprint density at radius 2 is 1.92 bits per heavy atom. The number of pyridine rings is 2. The number of halogens is 1. The first-order valence-electron chi connectivity index (χ1n) is 11.6. The molecular formula is C26H22ClN7OS. The van der Waals surface area contributed by atoms with Crippen molar-refractivity contribution in [2.24, 2.45) is 0 Å². The lowest BCUT2D eigenvalue weighted by atomic mass is 10.1. The lowest BCUT2D eigenvalue weighted by molar-refractivity contribution is 0.0742. The molecule has 8 nitrogen and oxygen atoms in total. The van der Waals surface area contributed by atoms with Crippen molar-refractivity contribution in [3.05, 3.63) is 77.3 Å². The van der Waals surface area contributed by atoms with E-state index >= 15 is 0 Å². The van der Waals surface area contributed by atoms with Gasteiger partial charge in [0.15, 0.2) is 0 Å². The molecule has 5 heterocycles. The molecule has 1 saturated heterocycles. The molecule has 1 fully saturated rings. The van der Waals surface area contributed by atoms with Gasteiger partial charge in [-0.05, 0) is 42.8 Å². The van der Waals surface area contributed by atoms with Gasteiger partial charge in [0.1, 0.15) is 22.2 Å². The highest BCUT2D eigenvalue weighted by Gasteiger charge is 2.29. The Morgan fingerprint density at radius 3 is 2.67 bits per heavy atom. The summed E-state index contributed by atoms with van der Waals surface area (Å²) in [5.74, 6) is 0.846. The number of carbonyl (C=O) groups excluding carboxylic acids is 1. The van der Waals surface area contributed by atoms with E-state index in [0.29, 0.717) is 41.9 Å². The zero-order valence-corrected chi connectivity index (χ0v) is 21.1. The number of aromatic amines is 1. The highest BCUT2D eigenvalue weighted by molar-refractivity contribution is 7.18. The average Bonchev–Trinajstić information content (AvgIpc) is 3.57. The summed E-state index contributed by atoms with van der Waals surface area (Å²) >= 11 is 7.76. The molecule has 4 aromatic heterocycles. The van der Waals surface area contributed by atoms with E-state index in [0.717, 1.165) is 38.4 Å². The number of aryl methyl sites for hydroxylation is 1. The van der Waals surface area contributed by atoms with Crippen molar-refractivity contribution in [3.8, 4) is 21.1 Å². The maximum Gasteiger partial charge on any atom is 0.274 e. The Morgan fingerprint density at radius 1 is 1.06 bits per heavy atom. The number of benzene rings is 1. The number of thiazole rings is 1. The van der Waals surface area contributed by atoms with Crippen molar-refractivity contribution < 1.29 is 4.79 Å². The van der Waals surface area contributed by atoms with Crippen molar-refractivity contribution in [1.29, 1.82) is 0 Å². The van der Waals surface area contributed by atoms with E-state index in [2.05, 4.69) is 25.1 Å². The SMILES string of the molecule is Cc1c(Cl)ccc2c(-c3nc(C(=O)N4CCN(c5ccccn5)CC4)c(-c4cccnc4)s3)[nH]nc12. The van der Waals surface area contributed by atoms with Gasteiger partial charge in [0.05, 0.1) is 10.4 Å². The summed E-state index contributed by atoms with van der Waals surface area (Å²) in [6.07, 6.45) is 5.28. The number of amides is 1. The van der Waals surface area contributed by atoms with Crippen LogP contribution in [-0.2, 0) is 0 Å². The maximum absolute atomic E-state index is 13.8. The number of nitrogens with zero attached hydrogens (tertiary/aromatic N) is 6. The smallest absolute Gasteiger partial charge is 0.274 e. The van der Waals surface area contributed by atoms with Crippen LogP contribution in [0.1, 0.15) is 16.1 Å². The number of fused-ring (bicyclic) bond motifs is 1. The number of aromatic nitrogens is 5. The molecule has 0 radical (unpaired) electrons. The van der Waals surface area contributed by atoms with Gasteiger partial charge in [-0.15, -0.1) is 11.3 Å². The first-order valence-corrected chi connectivity index (χ1v) is 12.8. The van der Waals surface area contributed by atoms with Gasteiger partial charge in [-0.3, -0.25) is 14.9 Å². The van der Waals surface area contributed by atoms with Gasteiger partial charge in [0, 0.05) is 60.7 Å². The van der Waals surface area contributed by atoms with Crippen molar-refractivity contribution in [2.75, 3.05) is 31.1 Å². The van der Waals surface area contributed by atoms with Gasteiger partial charge in [0.2, 0.25) is 0 Å². The fourth-order valence-electron chi connectivity index (χ4n) is 4.45. The summed E-state index contributed by atoms with van der Waals surface area (Å²) in [4.78, 5) is 32.2. The third-order valence-corrected chi connectivity index (χ3v) is 7.95. The van der Waals surface area contributed by atoms with Gasteiger partial charge >= 0.3 is 0 Å². The van der Waals surface area contributed by atoms with Crippen molar-refractivity contribution in [2.45, 2.75) is 6.92 Å². The van der Waals surface area contributed by atoms with Crippen LogP contribution >= 0.6 is 22.9 Å². The van der Waals surface area contributed by atoms with Gasteiger partial charge in [-0.1, -0.05) is 23.7 Å². The lowest BCUT2D eigenvalue weighted by Gasteiger charge is -2.35. The third kappa shape index (κ3) is 4.00. The van der Waals surface area contributed by atoms with E-state index in [1.165, 1.54) is 11.3 Å². The van der Waals surface area contributed by atoms with E-state index < -0.39 is 0 Å². The van der Waals surface area contributed by atoms with Gasteiger partial charge < -0.3 is 9.80 Å². The highest BCUT2D eigenvalue weighted by atomic mass is 35.5. The Kier molecular flexibility index (Phi) is 5.86. The molecule has 180 valence electrons.